The third kappa shape index (κ3) is 4.93. The zero-order valence-electron chi connectivity index (χ0n) is 15.6. The Balaban J connectivity index is 1.57. The summed E-state index contributed by atoms with van der Waals surface area (Å²) in [5, 5.41) is 0. The van der Waals surface area contributed by atoms with Crippen molar-refractivity contribution < 1.29 is 27.4 Å². The maximum absolute atomic E-state index is 12.3. The third-order valence-electron chi connectivity index (χ3n) is 4.44. The second-order valence-electron chi connectivity index (χ2n) is 6.68. The lowest BCUT2D eigenvalue weighted by molar-refractivity contribution is -0.274. The molecule has 0 fully saturated rings. The minimum atomic E-state index is -4.73. The van der Waals surface area contributed by atoms with Crippen molar-refractivity contribution in [1.82, 2.24) is 14.9 Å². The van der Waals surface area contributed by atoms with Gasteiger partial charge in [0.2, 0.25) is 0 Å². The molecule has 4 rings (SSSR count). The van der Waals surface area contributed by atoms with Crippen LogP contribution in [-0.2, 0) is 17.9 Å². The lowest BCUT2D eigenvalue weighted by atomic mass is 10.0. The van der Waals surface area contributed by atoms with E-state index in [9.17, 15) is 18.0 Å². The number of halogens is 3. The number of carbonyl (C=O) groups is 1. The highest BCUT2D eigenvalue weighted by atomic mass is 19.4. The molecule has 6 nitrogen and oxygen atoms in total. The Bertz CT molecular complexity index is 1040. The van der Waals surface area contributed by atoms with E-state index in [4.69, 9.17) is 4.74 Å². The van der Waals surface area contributed by atoms with Gasteiger partial charge in [-0.3, -0.25) is 9.69 Å². The molecular formula is C21H16F3N3O3. The maximum atomic E-state index is 12.3. The Morgan fingerprint density at radius 1 is 1.00 bits per heavy atom. The van der Waals surface area contributed by atoms with Gasteiger partial charge in [0.05, 0.1) is 13.1 Å². The van der Waals surface area contributed by atoms with Gasteiger partial charge in [0.15, 0.2) is 0 Å². The molecule has 0 atom stereocenters. The lowest BCUT2D eigenvalue weighted by Gasteiger charge is -2.17. The first-order chi connectivity index (χ1) is 14.4. The number of hydrogen-bond acceptors (Lipinski definition) is 6. The van der Waals surface area contributed by atoms with Gasteiger partial charge >= 0.3 is 12.3 Å². The largest absolute Gasteiger partial charge is 0.573 e. The lowest BCUT2D eigenvalue weighted by Crippen LogP contribution is -2.29. The number of alkyl halides is 3. The van der Waals surface area contributed by atoms with Crippen LogP contribution >= 0.6 is 0 Å². The minimum Gasteiger partial charge on any atom is -0.425 e. The van der Waals surface area contributed by atoms with Crippen LogP contribution in [0.1, 0.15) is 11.4 Å². The topological polar surface area (TPSA) is 64.6 Å². The first kappa shape index (κ1) is 19.8. The third-order valence-corrected chi connectivity index (χ3v) is 4.44. The van der Waals surface area contributed by atoms with Gasteiger partial charge in [-0.05, 0) is 41.5 Å². The normalized spacial score (nSPS) is 14.6. The van der Waals surface area contributed by atoms with Gasteiger partial charge in [0, 0.05) is 24.5 Å². The number of fused-ring (bicyclic) bond motifs is 1. The number of aromatic nitrogens is 2. The molecule has 0 radical (unpaired) electrons. The van der Waals surface area contributed by atoms with Gasteiger partial charge in [0.1, 0.15) is 17.3 Å². The van der Waals surface area contributed by atoms with E-state index in [1.54, 1.807) is 42.7 Å². The maximum Gasteiger partial charge on any atom is 0.573 e. The molecule has 0 saturated carbocycles. The number of benzene rings is 2. The molecule has 0 N–H and O–H groups in total. The van der Waals surface area contributed by atoms with Crippen molar-refractivity contribution in [2.24, 2.45) is 0 Å². The van der Waals surface area contributed by atoms with E-state index in [1.165, 1.54) is 12.1 Å². The summed E-state index contributed by atoms with van der Waals surface area (Å²) in [5.41, 5.74) is 2.27. The molecule has 1 aliphatic heterocycles. The van der Waals surface area contributed by atoms with Crippen molar-refractivity contribution in [3.8, 4) is 22.6 Å². The van der Waals surface area contributed by atoms with Crippen molar-refractivity contribution in [2.75, 3.05) is 6.54 Å². The number of carbonyl (C=O) groups excluding carboxylic acids is 1. The summed E-state index contributed by atoms with van der Waals surface area (Å²) in [6.07, 6.45) is -1.46. The second-order valence-corrected chi connectivity index (χ2v) is 6.68. The average Bonchev–Trinajstić information content (AvgIpc) is 2.85. The number of hydrogen-bond donors (Lipinski definition) is 0. The van der Waals surface area contributed by atoms with Gasteiger partial charge in [-0.2, -0.15) is 0 Å². The molecule has 1 aliphatic rings. The van der Waals surface area contributed by atoms with Crippen molar-refractivity contribution in [1.29, 1.82) is 0 Å². The molecule has 0 amide bonds. The first-order valence-electron chi connectivity index (χ1n) is 9.04. The van der Waals surface area contributed by atoms with Crippen LogP contribution in [0.2, 0.25) is 0 Å². The predicted octanol–water partition coefficient (Wildman–Crippen LogP) is 3.96. The van der Waals surface area contributed by atoms with E-state index in [1.807, 2.05) is 11.0 Å². The minimum absolute atomic E-state index is 0.0890. The Kier molecular flexibility index (Phi) is 5.37. The van der Waals surface area contributed by atoms with Crippen LogP contribution in [0.25, 0.3) is 11.1 Å². The van der Waals surface area contributed by atoms with Crippen LogP contribution in [0.15, 0.2) is 60.9 Å². The molecule has 0 aliphatic carbocycles. The van der Waals surface area contributed by atoms with Gasteiger partial charge < -0.3 is 9.47 Å². The van der Waals surface area contributed by atoms with Crippen molar-refractivity contribution in [3.05, 3.63) is 72.3 Å². The molecule has 2 heterocycles. The highest BCUT2D eigenvalue weighted by molar-refractivity contribution is 5.76. The number of rotatable bonds is 4. The first-order valence-corrected chi connectivity index (χ1v) is 9.04. The Hall–Kier alpha value is -3.46. The number of ether oxygens (including phenoxy) is 2. The molecule has 0 spiro atoms. The molecule has 2 aromatic carbocycles. The molecule has 154 valence electrons. The fourth-order valence-corrected chi connectivity index (χ4v) is 3.19. The monoisotopic (exact) mass is 415 g/mol. The summed E-state index contributed by atoms with van der Waals surface area (Å²) in [4.78, 5) is 22.4. The Morgan fingerprint density at radius 2 is 1.70 bits per heavy atom. The summed E-state index contributed by atoms with van der Waals surface area (Å²) in [6, 6.07) is 12.6. The second kappa shape index (κ2) is 8.11. The van der Waals surface area contributed by atoms with E-state index in [0.717, 1.165) is 11.1 Å². The van der Waals surface area contributed by atoms with Crippen molar-refractivity contribution in [3.63, 3.8) is 0 Å². The van der Waals surface area contributed by atoms with Gasteiger partial charge in [-0.25, -0.2) is 9.97 Å². The van der Waals surface area contributed by atoms with E-state index in [-0.39, 0.29) is 18.3 Å². The standard InChI is InChI=1S/C21H16F3N3O3/c22-21(23,24)30-17-5-2-14(3-6-17)15-4-7-18-16(10-15)11-27(13-20(28)29-18)12-19-25-8-1-9-26-19/h1-10H,11-13H2. The molecule has 0 saturated heterocycles. The summed E-state index contributed by atoms with van der Waals surface area (Å²) >= 11 is 0. The molecule has 0 bridgehead atoms. The predicted molar refractivity (Wildman–Crippen MR) is 100 cm³/mol. The summed E-state index contributed by atoms with van der Waals surface area (Å²) < 4.78 is 46.3. The Morgan fingerprint density at radius 3 is 2.40 bits per heavy atom. The summed E-state index contributed by atoms with van der Waals surface area (Å²) in [7, 11) is 0. The van der Waals surface area contributed by atoms with Crippen LogP contribution in [-0.4, -0.2) is 33.7 Å². The van der Waals surface area contributed by atoms with Crippen LogP contribution in [0.5, 0.6) is 11.5 Å². The van der Waals surface area contributed by atoms with E-state index >= 15 is 0 Å². The fourth-order valence-electron chi connectivity index (χ4n) is 3.19. The van der Waals surface area contributed by atoms with E-state index in [2.05, 4.69) is 14.7 Å². The Labute approximate surface area is 169 Å². The van der Waals surface area contributed by atoms with Crippen molar-refractivity contribution >= 4 is 5.97 Å². The average molecular weight is 415 g/mol. The summed E-state index contributed by atoms with van der Waals surface area (Å²) in [5.74, 6) is 0.373. The molecule has 3 aromatic rings. The number of nitrogens with zero attached hydrogens (tertiary/aromatic N) is 3. The number of esters is 1. The van der Waals surface area contributed by atoms with Crippen LogP contribution in [0.4, 0.5) is 13.2 Å². The highest BCUT2D eigenvalue weighted by Gasteiger charge is 2.31. The van der Waals surface area contributed by atoms with Crippen LogP contribution in [0, 0.1) is 0 Å². The summed E-state index contributed by atoms with van der Waals surface area (Å²) in [6.45, 7) is 0.900. The van der Waals surface area contributed by atoms with Gasteiger partial charge in [0.25, 0.3) is 0 Å². The molecule has 9 heteroatoms. The smallest absolute Gasteiger partial charge is 0.425 e. The molecule has 0 unspecified atom stereocenters. The molecule has 1 aromatic heterocycles. The highest BCUT2D eigenvalue weighted by Crippen LogP contribution is 2.31. The molecular weight excluding hydrogens is 399 g/mol. The quantitative estimate of drug-likeness (QED) is 0.475. The van der Waals surface area contributed by atoms with Crippen molar-refractivity contribution in [2.45, 2.75) is 19.5 Å². The van der Waals surface area contributed by atoms with Crippen LogP contribution in [0.3, 0.4) is 0 Å². The van der Waals surface area contributed by atoms with E-state index < -0.39 is 6.36 Å². The zero-order valence-corrected chi connectivity index (χ0v) is 15.6. The fraction of sp³-hybridized carbons (Fsp3) is 0.190. The van der Waals surface area contributed by atoms with E-state index in [0.29, 0.717) is 30.2 Å². The SMILES string of the molecule is O=C1CN(Cc2ncccn2)Cc2cc(-c3ccc(OC(F)(F)F)cc3)ccc2O1. The molecule has 30 heavy (non-hydrogen) atoms. The zero-order chi connectivity index (χ0) is 21.1. The van der Waals surface area contributed by atoms with Gasteiger partial charge in [-0.1, -0.05) is 18.2 Å². The van der Waals surface area contributed by atoms with Crippen LogP contribution < -0.4 is 9.47 Å². The van der Waals surface area contributed by atoms with Gasteiger partial charge in [-0.15, -0.1) is 13.2 Å².